The van der Waals surface area contributed by atoms with Crippen LogP contribution in [-0.2, 0) is 0 Å². The number of nitrogens with one attached hydrogen (secondary N) is 1. The average Bonchev–Trinajstić information content (AvgIpc) is 2.40. The van der Waals surface area contributed by atoms with Gasteiger partial charge in [-0.15, -0.1) is 0 Å². The monoisotopic (exact) mass is 277 g/mol. The van der Waals surface area contributed by atoms with Gasteiger partial charge in [0.2, 0.25) is 0 Å². The van der Waals surface area contributed by atoms with E-state index in [0.717, 1.165) is 11.4 Å². The molecule has 0 amide bonds. The Labute approximate surface area is 116 Å². The van der Waals surface area contributed by atoms with Crippen molar-refractivity contribution in [1.82, 2.24) is 15.3 Å². The van der Waals surface area contributed by atoms with Gasteiger partial charge in [0.1, 0.15) is 5.82 Å². The molecule has 0 radical (unpaired) electrons. The van der Waals surface area contributed by atoms with Crippen LogP contribution >= 0.6 is 11.8 Å². The first-order chi connectivity index (χ1) is 9.22. The van der Waals surface area contributed by atoms with Crippen molar-refractivity contribution < 1.29 is 4.39 Å². The minimum Gasteiger partial charge on any atom is -0.310 e. The molecule has 0 saturated heterocycles. The standard InChI is InChI=1S/C14H16FN3S/c1-3-16-10(2)13-11(15)6-4-7-12(13)19-14-17-8-5-9-18-14/h4-10,16H,3H2,1-2H3. The zero-order valence-electron chi connectivity index (χ0n) is 10.9. The van der Waals surface area contributed by atoms with Gasteiger partial charge in [-0.25, -0.2) is 14.4 Å². The third-order valence-corrected chi connectivity index (χ3v) is 3.67. The molecule has 1 atom stereocenters. The highest BCUT2D eigenvalue weighted by Gasteiger charge is 2.16. The molecule has 0 aliphatic carbocycles. The van der Waals surface area contributed by atoms with Crippen LogP contribution in [0.15, 0.2) is 46.7 Å². The van der Waals surface area contributed by atoms with Crippen molar-refractivity contribution in [2.45, 2.75) is 29.9 Å². The highest BCUT2D eigenvalue weighted by Crippen LogP contribution is 2.32. The van der Waals surface area contributed by atoms with Crippen molar-refractivity contribution in [2.24, 2.45) is 0 Å². The van der Waals surface area contributed by atoms with Gasteiger partial charge in [-0.1, -0.05) is 13.0 Å². The largest absolute Gasteiger partial charge is 0.310 e. The Hall–Kier alpha value is -1.46. The zero-order chi connectivity index (χ0) is 13.7. The third-order valence-electron chi connectivity index (χ3n) is 2.70. The van der Waals surface area contributed by atoms with Crippen molar-refractivity contribution in [3.63, 3.8) is 0 Å². The molecule has 100 valence electrons. The van der Waals surface area contributed by atoms with Gasteiger partial charge < -0.3 is 5.32 Å². The first kappa shape index (κ1) is 14.0. The van der Waals surface area contributed by atoms with Gasteiger partial charge in [-0.3, -0.25) is 0 Å². The lowest BCUT2D eigenvalue weighted by Gasteiger charge is -2.17. The minimum atomic E-state index is -0.200. The molecule has 1 N–H and O–H groups in total. The number of rotatable bonds is 5. The molecular weight excluding hydrogens is 261 g/mol. The quantitative estimate of drug-likeness (QED) is 0.850. The molecule has 1 unspecified atom stereocenters. The molecule has 3 nitrogen and oxygen atoms in total. The summed E-state index contributed by atoms with van der Waals surface area (Å²) in [6, 6.07) is 6.81. The first-order valence-corrected chi connectivity index (χ1v) is 7.00. The van der Waals surface area contributed by atoms with Gasteiger partial charge in [-0.2, -0.15) is 0 Å². The van der Waals surface area contributed by atoms with E-state index in [9.17, 15) is 4.39 Å². The molecular formula is C14H16FN3S. The Morgan fingerprint density at radius 2 is 2.00 bits per heavy atom. The molecule has 0 fully saturated rings. The van der Waals surface area contributed by atoms with Crippen LogP contribution in [0.1, 0.15) is 25.5 Å². The lowest BCUT2D eigenvalue weighted by atomic mass is 10.1. The third kappa shape index (κ3) is 3.52. The summed E-state index contributed by atoms with van der Waals surface area (Å²) in [5, 5.41) is 3.86. The second-order valence-electron chi connectivity index (χ2n) is 4.06. The molecule has 1 aromatic carbocycles. The maximum atomic E-state index is 14.0. The first-order valence-electron chi connectivity index (χ1n) is 6.19. The van der Waals surface area contributed by atoms with E-state index in [4.69, 9.17) is 0 Å². The van der Waals surface area contributed by atoms with Gasteiger partial charge in [0.15, 0.2) is 5.16 Å². The molecule has 0 aliphatic rings. The summed E-state index contributed by atoms with van der Waals surface area (Å²) < 4.78 is 14.0. The SMILES string of the molecule is CCNC(C)c1c(F)cccc1Sc1ncccn1. The summed E-state index contributed by atoms with van der Waals surface area (Å²) in [7, 11) is 0. The Bertz CT molecular complexity index is 533. The topological polar surface area (TPSA) is 37.8 Å². The fourth-order valence-corrected chi connectivity index (χ4v) is 2.83. The highest BCUT2D eigenvalue weighted by molar-refractivity contribution is 7.99. The van der Waals surface area contributed by atoms with Gasteiger partial charge in [0, 0.05) is 28.9 Å². The molecule has 0 aliphatic heterocycles. The summed E-state index contributed by atoms with van der Waals surface area (Å²) in [5.41, 5.74) is 0.668. The predicted molar refractivity (Wildman–Crippen MR) is 74.6 cm³/mol. The van der Waals surface area contributed by atoms with E-state index in [2.05, 4.69) is 15.3 Å². The maximum absolute atomic E-state index is 14.0. The van der Waals surface area contributed by atoms with Crippen LogP contribution in [0.5, 0.6) is 0 Å². The number of hydrogen-bond acceptors (Lipinski definition) is 4. The fourth-order valence-electron chi connectivity index (χ4n) is 1.87. The number of nitrogens with zero attached hydrogens (tertiary/aromatic N) is 2. The molecule has 19 heavy (non-hydrogen) atoms. The van der Waals surface area contributed by atoms with Crippen LogP contribution < -0.4 is 5.32 Å². The summed E-state index contributed by atoms with van der Waals surface area (Å²) in [6.07, 6.45) is 3.37. The van der Waals surface area contributed by atoms with Crippen LogP contribution in [0.2, 0.25) is 0 Å². The van der Waals surface area contributed by atoms with Crippen LogP contribution in [-0.4, -0.2) is 16.5 Å². The van der Waals surface area contributed by atoms with Crippen LogP contribution in [0.3, 0.4) is 0 Å². The average molecular weight is 277 g/mol. The minimum absolute atomic E-state index is 0.0441. The van der Waals surface area contributed by atoms with E-state index in [1.807, 2.05) is 19.9 Å². The Kier molecular flexibility index (Phi) is 4.87. The molecule has 0 spiro atoms. The lowest BCUT2D eigenvalue weighted by Crippen LogP contribution is -2.19. The van der Waals surface area contributed by atoms with E-state index in [-0.39, 0.29) is 11.9 Å². The molecule has 5 heteroatoms. The number of aromatic nitrogens is 2. The molecule has 0 bridgehead atoms. The smallest absolute Gasteiger partial charge is 0.192 e. The molecule has 1 heterocycles. The Balaban J connectivity index is 2.32. The molecule has 1 aromatic heterocycles. The highest BCUT2D eigenvalue weighted by atomic mass is 32.2. The zero-order valence-corrected chi connectivity index (χ0v) is 11.7. The normalized spacial score (nSPS) is 12.4. The van der Waals surface area contributed by atoms with Crippen LogP contribution in [0, 0.1) is 5.82 Å². The predicted octanol–water partition coefficient (Wildman–Crippen LogP) is 3.44. The van der Waals surface area contributed by atoms with Crippen LogP contribution in [0.4, 0.5) is 4.39 Å². The van der Waals surface area contributed by atoms with Crippen molar-refractivity contribution in [1.29, 1.82) is 0 Å². The lowest BCUT2D eigenvalue weighted by molar-refractivity contribution is 0.531. The molecule has 2 aromatic rings. The number of halogens is 1. The van der Waals surface area contributed by atoms with E-state index in [0.29, 0.717) is 10.7 Å². The molecule has 2 rings (SSSR count). The summed E-state index contributed by atoms with van der Waals surface area (Å²) >= 11 is 1.38. The van der Waals surface area contributed by atoms with Gasteiger partial charge in [0.05, 0.1) is 0 Å². The summed E-state index contributed by atoms with van der Waals surface area (Å²) in [4.78, 5) is 9.17. The van der Waals surface area contributed by atoms with Crippen molar-refractivity contribution in [3.05, 3.63) is 48.0 Å². The second kappa shape index (κ2) is 6.63. The van der Waals surface area contributed by atoms with E-state index in [1.165, 1.54) is 17.8 Å². The Morgan fingerprint density at radius 1 is 1.26 bits per heavy atom. The van der Waals surface area contributed by atoms with Crippen molar-refractivity contribution >= 4 is 11.8 Å². The fraction of sp³-hybridized carbons (Fsp3) is 0.286. The van der Waals surface area contributed by atoms with Crippen LogP contribution in [0.25, 0.3) is 0 Å². The van der Waals surface area contributed by atoms with Crippen molar-refractivity contribution in [2.75, 3.05) is 6.54 Å². The van der Waals surface area contributed by atoms with E-state index >= 15 is 0 Å². The van der Waals surface area contributed by atoms with Gasteiger partial charge in [0.25, 0.3) is 0 Å². The Morgan fingerprint density at radius 3 is 2.68 bits per heavy atom. The van der Waals surface area contributed by atoms with E-state index < -0.39 is 0 Å². The number of benzene rings is 1. The summed E-state index contributed by atoms with van der Waals surface area (Å²) in [5.74, 6) is -0.200. The van der Waals surface area contributed by atoms with Gasteiger partial charge in [-0.05, 0) is 43.4 Å². The van der Waals surface area contributed by atoms with Gasteiger partial charge >= 0.3 is 0 Å². The van der Waals surface area contributed by atoms with E-state index in [1.54, 1.807) is 24.5 Å². The number of hydrogen-bond donors (Lipinski definition) is 1. The second-order valence-corrected chi connectivity index (χ2v) is 5.07. The summed E-state index contributed by atoms with van der Waals surface area (Å²) in [6.45, 7) is 4.75. The maximum Gasteiger partial charge on any atom is 0.192 e. The molecule has 0 saturated carbocycles. The van der Waals surface area contributed by atoms with Crippen molar-refractivity contribution in [3.8, 4) is 0 Å².